The van der Waals surface area contributed by atoms with Crippen LogP contribution in [-0.4, -0.2) is 20.6 Å². The van der Waals surface area contributed by atoms with Crippen molar-refractivity contribution in [1.29, 1.82) is 0 Å². The molecule has 2 aromatic heterocycles. The second-order valence-electron chi connectivity index (χ2n) is 6.19. The van der Waals surface area contributed by atoms with Gasteiger partial charge in [0.2, 0.25) is 0 Å². The number of aromatic hydroxyl groups is 1. The number of phenolic OH excluding ortho intramolecular Hbond substituents is 1. The molecule has 0 fully saturated rings. The highest BCUT2D eigenvalue weighted by Crippen LogP contribution is 2.37. The number of pyridine rings is 1. The van der Waals surface area contributed by atoms with E-state index in [1.54, 1.807) is 13.8 Å². The standard InChI is InChI=1S/C18H19FN4O2/c1-7-5-12-15(22-10(7)4)14(18(21)25)17(20)23(12)16-8(2)11(19)6-13(24)9(16)3/h5-6,24H,20H2,1-4H3,(H2,21,25). The van der Waals surface area contributed by atoms with Gasteiger partial charge < -0.3 is 16.6 Å². The van der Waals surface area contributed by atoms with Crippen molar-refractivity contribution in [2.24, 2.45) is 5.73 Å². The van der Waals surface area contributed by atoms with Gasteiger partial charge in [0.25, 0.3) is 5.91 Å². The molecule has 0 saturated heterocycles. The molecule has 0 aliphatic carbocycles. The van der Waals surface area contributed by atoms with Gasteiger partial charge in [-0.2, -0.15) is 0 Å². The summed E-state index contributed by atoms with van der Waals surface area (Å²) in [5.41, 5.74) is 15.4. The number of phenols is 1. The Labute approximate surface area is 143 Å². The van der Waals surface area contributed by atoms with E-state index in [1.807, 2.05) is 19.9 Å². The predicted molar refractivity (Wildman–Crippen MR) is 94.6 cm³/mol. The van der Waals surface area contributed by atoms with Gasteiger partial charge in [0.05, 0.1) is 11.2 Å². The number of fused-ring (bicyclic) bond motifs is 1. The van der Waals surface area contributed by atoms with Gasteiger partial charge in [0.15, 0.2) is 0 Å². The van der Waals surface area contributed by atoms with Gasteiger partial charge in [-0.25, -0.2) is 4.39 Å². The number of primary amides is 1. The number of amides is 1. The number of rotatable bonds is 2. The molecule has 25 heavy (non-hydrogen) atoms. The highest BCUT2D eigenvalue weighted by atomic mass is 19.1. The van der Waals surface area contributed by atoms with Crippen LogP contribution in [0.25, 0.3) is 16.7 Å². The number of carbonyl (C=O) groups excluding carboxylic acids is 1. The predicted octanol–water partition coefficient (Wildman–Crippen LogP) is 2.78. The molecule has 2 heterocycles. The van der Waals surface area contributed by atoms with Crippen molar-refractivity contribution in [2.75, 3.05) is 5.73 Å². The molecule has 0 spiro atoms. The van der Waals surface area contributed by atoms with Crippen LogP contribution in [0.4, 0.5) is 10.2 Å². The van der Waals surface area contributed by atoms with E-state index < -0.39 is 11.7 Å². The number of carbonyl (C=O) groups is 1. The molecule has 0 radical (unpaired) electrons. The lowest BCUT2D eigenvalue weighted by Crippen LogP contribution is -2.14. The van der Waals surface area contributed by atoms with E-state index in [0.717, 1.165) is 17.3 Å². The summed E-state index contributed by atoms with van der Waals surface area (Å²) in [4.78, 5) is 16.4. The molecule has 0 atom stereocenters. The Morgan fingerprint density at radius 3 is 2.44 bits per heavy atom. The Kier molecular flexibility index (Phi) is 3.67. The monoisotopic (exact) mass is 342 g/mol. The van der Waals surface area contributed by atoms with Gasteiger partial charge in [0.1, 0.15) is 28.5 Å². The maximum Gasteiger partial charge on any atom is 0.254 e. The Morgan fingerprint density at radius 2 is 1.84 bits per heavy atom. The number of anilines is 1. The average Bonchev–Trinajstić information content (AvgIpc) is 2.78. The van der Waals surface area contributed by atoms with Gasteiger partial charge in [-0.3, -0.25) is 14.3 Å². The lowest BCUT2D eigenvalue weighted by Gasteiger charge is -2.16. The van der Waals surface area contributed by atoms with Crippen LogP contribution >= 0.6 is 0 Å². The van der Waals surface area contributed by atoms with E-state index in [9.17, 15) is 14.3 Å². The van der Waals surface area contributed by atoms with Crippen LogP contribution in [0.3, 0.4) is 0 Å². The van der Waals surface area contributed by atoms with Crippen LogP contribution in [0.2, 0.25) is 0 Å². The topological polar surface area (TPSA) is 107 Å². The molecule has 7 heteroatoms. The first-order chi connectivity index (χ1) is 11.6. The first-order valence-electron chi connectivity index (χ1n) is 7.72. The number of nitrogens with two attached hydrogens (primary N) is 2. The minimum Gasteiger partial charge on any atom is -0.507 e. The quantitative estimate of drug-likeness (QED) is 0.665. The van der Waals surface area contributed by atoms with Crippen LogP contribution in [0.5, 0.6) is 5.75 Å². The molecule has 0 bridgehead atoms. The minimum atomic E-state index is -0.715. The van der Waals surface area contributed by atoms with E-state index in [-0.39, 0.29) is 17.1 Å². The molecule has 130 valence electrons. The summed E-state index contributed by atoms with van der Waals surface area (Å²) in [7, 11) is 0. The first-order valence-corrected chi connectivity index (χ1v) is 7.72. The van der Waals surface area contributed by atoms with Crippen LogP contribution in [0.15, 0.2) is 12.1 Å². The molecule has 1 amide bonds. The van der Waals surface area contributed by atoms with Gasteiger partial charge in [-0.1, -0.05) is 0 Å². The second kappa shape index (κ2) is 5.47. The van der Waals surface area contributed by atoms with Crippen LogP contribution in [-0.2, 0) is 0 Å². The van der Waals surface area contributed by atoms with Crippen LogP contribution < -0.4 is 11.5 Å². The number of halogens is 1. The van der Waals surface area contributed by atoms with Crippen molar-refractivity contribution in [3.05, 3.63) is 45.9 Å². The molecule has 0 aliphatic heterocycles. The molecule has 0 unspecified atom stereocenters. The van der Waals surface area contributed by atoms with Crippen molar-refractivity contribution < 1.29 is 14.3 Å². The second-order valence-corrected chi connectivity index (χ2v) is 6.19. The third-order valence-electron chi connectivity index (χ3n) is 4.61. The zero-order valence-corrected chi connectivity index (χ0v) is 14.4. The van der Waals surface area contributed by atoms with Crippen molar-refractivity contribution in [3.63, 3.8) is 0 Å². The van der Waals surface area contributed by atoms with Gasteiger partial charge in [0, 0.05) is 22.9 Å². The largest absolute Gasteiger partial charge is 0.507 e. The maximum absolute atomic E-state index is 14.2. The molecule has 6 nitrogen and oxygen atoms in total. The zero-order valence-electron chi connectivity index (χ0n) is 14.4. The highest BCUT2D eigenvalue weighted by molar-refractivity contribution is 6.10. The number of nitrogen functional groups attached to an aromatic ring is 1. The molecule has 3 rings (SSSR count). The Balaban J connectivity index is 2.57. The van der Waals surface area contributed by atoms with Gasteiger partial charge in [-0.15, -0.1) is 0 Å². The molecule has 1 aromatic carbocycles. The average molecular weight is 342 g/mol. The Bertz CT molecular complexity index is 1030. The molecule has 0 aliphatic rings. The SMILES string of the molecule is Cc1cc2c(nc1C)c(C(N)=O)c(N)n2-c1c(C)c(O)cc(F)c1C. The van der Waals surface area contributed by atoms with Crippen LogP contribution in [0, 0.1) is 33.5 Å². The molecule has 0 saturated carbocycles. The van der Waals surface area contributed by atoms with E-state index >= 15 is 0 Å². The van der Waals surface area contributed by atoms with Gasteiger partial charge in [-0.05, 0) is 39.3 Å². The fourth-order valence-corrected chi connectivity index (χ4v) is 3.08. The lowest BCUT2D eigenvalue weighted by molar-refractivity contribution is 0.100. The minimum absolute atomic E-state index is 0.0659. The van der Waals surface area contributed by atoms with Crippen molar-refractivity contribution >= 4 is 22.8 Å². The highest BCUT2D eigenvalue weighted by Gasteiger charge is 2.25. The summed E-state index contributed by atoms with van der Waals surface area (Å²) in [5.74, 6) is -1.42. The molecule has 5 N–H and O–H groups in total. The summed E-state index contributed by atoms with van der Waals surface area (Å²) >= 11 is 0. The maximum atomic E-state index is 14.2. The first kappa shape index (κ1) is 16.8. The smallest absolute Gasteiger partial charge is 0.254 e. The number of nitrogens with zero attached hydrogens (tertiary/aromatic N) is 2. The molecular weight excluding hydrogens is 323 g/mol. The summed E-state index contributed by atoms with van der Waals surface area (Å²) in [6, 6.07) is 2.87. The van der Waals surface area contributed by atoms with Crippen molar-refractivity contribution in [3.8, 4) is 11.4 Å². The number of hydrogen-bond acceptors (Lipinski definition) is 4. The third kappa shape index (κ3) is 2.31. The van der Waals surface area contributed by atoms with Crippen molar-refractivity contribution in [1.82, 2.24) is 9.55 Å². The lowest BCUT2D eigenvalue weighted by atomic mass is 10.1. The summed E-state index contributed by atoms with van der Waals surface area (Å²) in [5, 5.41) is 10.0. The normalized spacial score (nSPS) is 11.2. The number of hydrogen-bond donors (Lipinski definition) is 3. The zero-order chi connectivity index (χ0) is 18.6. The number of aryl methyl sites for hydroxylation is 2. The van der Waals surface area contributed by atoms with E-state index in [2.05, 4.69) is 4.98 Å². The fraction of sp³-hybridized carbons (Fsp3) is 0.222. The van der Waals surface area contributed by atoms with Crippen molar-refractivity contribution in [2.45, 2.75) is 27.7 Å². The Morgan fingerprint density at radius 1 is 1.20 bits per heavy atom. The number of aromatic nitrogens is 2. The summed E-state index contributed by atoms with van der Waals surface area (Å²) in [6.45, 7) is 6.93. The van der Waals surface area contributed by atoms with Crippen LogP contribution in [0.1, 0.15) is 32.7 Å². The van der Waals surface area contributed by atoms with E-state index in [0.29, 0.717) is 27.8 Å². The Hall–Kier alpha value is -3.09. The summed E-state index contributed by atoms with van der Waals surface area (Å²) < 4.78 is 15.8. The fourth-order valence-electron chi connectivity index (χ4n) is 3.08. The number of benzene rings is 1. The van der Waals surface area contributed by atoms with Gasteiger partial charge >= 0.3 is 0 Å². The molecule has 3 aromatic rings. The molecular formula is C18H19FN4O2. The third-order valence-corrected chi connectivity index (χ3v) is 4.61. The summed E-state index contributed by atoms with van der Waals surface area (Å²) in [6.07, 6.45) is 0. The van der Waals surface area contributed by atoms with E-state index in [4.69, 9.17) is 11.5 Å². The van der Waals surface area contributed by atoms with E-state index in [1.165, 1.54) is 4.57 Å².